The van der Waals surface area contributed by atoms with Gasteiger partial charge in [-0.25, -0.2) is 4.98 Å². The first-order valence-corrected chi connectivity index (χ1v) is 7.67. The van der Waals surface area contributed by atoms with E-state index in [1.165, 1.54) is 11.3 Å². The average Bonchev–Trinajstić information content (AvgIpc) is 2.79. The SMILES string of the molecule is CCCN(C)c1nc(N)c(C(=O)NC(C)COCC)s1. The number of amides is 1. The smallest absolute Gasteiger partial charge is 0.265 e. The molecule has 0 aromatic carbocycles. The fourth-order valence-corrected chi connectivity index (χ4v) is 2.58. The first-order chi connectivity index (χ1) is 9.49. The summed E-state index contributed by atoms with van der Waals surface area (Å²) in [5, 5.41) is 3.63. The summed E-state index contributed by atoms with van der Waals surface area (Å²) in [5.74, 6) is 0.0948. The molecule has 0 aliphatic heterocycles. The first-order valence-electron chi connectivity index (χ1n) is 6.85. The highest BCUT2D eigenvalue weighted by molar-refractivity contribution is 7.18. The van der Waals surface area contributed by atoms with Gasteiger partial charge in [0.15, 0.2) is 5.13 Å². The second kappa shape index (κ2) is 8.06. The fraction of sp³-hybridized carbons (Fsp3) is 0.692. The minimum atomic E-state index is -0.191. The number of carbonyl (C=O) groups excluding carboxylic acids is 1. The van der Waals surface area contributed by atoms with Crippen molar-refractivity contribution in [2.24, 2.45) is 0 Å². The number of nitrogen functional groups attached to an aromatic ring is 1. The Bertz CT molecular complexity index is 436. The number of nitrogens with zero attached hydrogens (tertiary/aromatic N) is 2. The lowest BCUT2D eigenvalue weighted by Gasteiger charge is -2.13. The molecule has 6 nitrogen and oxygen atoms in total. The van der Waals surface area contributed by atoms with Gasteiger partial charge in [0.05, 0.1) is 6.61 Å². The molecule has 20 heavy (non-hydrogen) atoms. The zero-order chi connectivity index (χ0) is 15.1. The maximum atomic E-state index is 12.1. The predicted molar refractivity (Wildman–Crippen MR) is 83.5 cm³/mol. The number of ether oxygens (including phenoxy) is 1. The minimum Gasteiger partial charge on any atom is -0.382 e. The van der Waals surface area contributed by atoms with Gasteiger partial charge in [-0.3, -0.25) is 4.79 Å². The van der Waals surface area contributed by atoms with Crippen molar-refractivity contribution in [3.05, 3.63) is 4.88 Å². The Labute approximate surface area is 124 Å². The van der Waals surface area contributed by atoms with Crippen LogP contribution in [0.25, 0.3) is 0 Å². The van der Waals surface area contributed by atoms with E-state index in [9.17, 15) is 4.79 Å². The Hall–Kier alpha value is -1.34. The standard InChI is InChI=1S/C13H24N4O2S/c1-5-7-17(4)13-16-11(14)10(20-13)12(18)15-9(3)8-19-6-2/h9H,5-8,14H2,1-4H3,(H,15,18). The summed E-state index contributed by atoms with van der Waals surface area (Å²) in [6.45, 7) is 7.92. The van der Waals surface area contributed by atoms with Crippen molar-refractivity contribution >= 4 is 28.2 Å². The monoisotopic (exact) mass is 300 g/mol. The summed E-state index contributed by atoms with van der Waals surface area (Å²) in [6.07, 6.45) is 1.02. The van der Waals surface area contributed by atoms with E-state index >= 15 is 0 Å². The molecule has 0 aliphatic carbocycles. The Morgan fingerprint density at radius 3 is 2.85 bits per heavy atom. The highest BCUT2D eigenvalue weighted by Gasteiger charge is 2.19. The number of anilines is 2. The summed E-state index contributed by atoms with van der Waals surface area (Å²) in [4.78, 5) is 18.9. The van der Waals surface area contributed by atoms with E-state index in [0.29, 0.717) is 18.1 Å². The highest BCUT2D eigenvalue weighted by Crippen LogP contribution is 2.27. The third kappa shape index (κ3) is 4.64. The summed E-state index contributed by atoms with van der Waals surface area (Å²) in [5.41, 5.74) is 5.83. The van der Waals surface area contributed by atoms with E-state index in [1.807, 2.05) is 25.8 Å². The maximum Gasteiger partial charge on any atom is 0.265 e. The second-order valence-electron chi connectivity index (χ2n) is 4.67. The molecule has 0 fully saturated rings. The van der Waals surface area contributed by atoms with Gasteiger partial charge in [-0.2, -0.15) is 0 Å². The lowest BCUT2D eigenvalue weighted by Crippen LogP contribution is -2.35. The number of carbonyl (C=O) groups is 1. The molecule has 1 unspecified atom stereocenters. The number of nitrogens with two attached hydrogens (primary N) is 1. The van der Waals surface area contributed by atoms with Gasteiger partial charge < -0.3 is 20.7 Å². The molecule has 1 rings (SSSR count). The van der Waals surface area contributed by atoms with Gasteiger partial charge in [0, 0.05) is 26.2 Å². The molecule has 1 aromatic rings. The van der Waals surface area contributed by atoms with Crippen LogP contribution >= 0.6 is 11.3 Å². The van der Waals surface area contributed by atoms with Gasteiger partial charge in [0.1, 0.15) is 10.7 Å². The molecular formula is C13H24N4O2S. The normalized spacial score (nSPS) is 12.2. The maximum absolute atomic E-state index is 12.1. The van der Waals surface area contributed by atoms with Crippen molar-refractivity contribution in [2.75, 3.05) is 37.4 Å². The van der Waals surface area contributed by atoms with Crippen LogP contribution in [0.1, 0.15) is 36.9 Å². The largest absolute Gasteiger partial charge is 0.382 e. The molecule has 7 heteroatoms. The summed E-state index contributed by atoms with van der Waals surface area (Å²) >= 11 is 1.32. The van der Waals surface area contributed by atoms with Gasteiger partial charge in [-0.15, -0.1) is 0 Å². The van der Waals surface area contributed by atoms with Crippen molar-refractivity contribution in [2.45, 2.75) is 33.2 Å². The van der Waals surface area contributed by atoms with Gasteiger partial charge in [0.2, 0.25) is 0 Å². The van der Waals surface area contributed by atoms with E-state index in [4.69, 9.17) is 10.5 Å². The molecule has 0 saturated heterocycles. The van der Waals surface area contributed by atoms with Crippen LogP contribution in [0.15, 0.2) is 0 Å². The van der Waals surface area contributed by atoms with Crippen LogP contribution in [0, 0.1) is 0 Å². The molecular weight excluding hydrogens is 276 g/mol. The lowest BCUT2D eigenvalue weighted by atomic mass is 10.3. The van der Waals surface area contributed by atoms with Crippen molar-refractivity contribution in [3.63, 3.8) is 0 Å². The van der Waals surface area contributed by atoms with Crippen molar-refractivity contribution in [1.82, 2.24) is 10.3 Å². The Kier molecular flexibility index (Phi) is 6.74. The predicted octanol–water partition coefficient (Wildman–Crippen LogP) is 1.73. The molecule has 1 heterocycles. The van der Waals surface area contributed by atoms with Gasteiger partial charge in [0.25, 0.3) is 5.91 Å². The molecule has 0 saturated carbocycles. The van der Waals surface area contributed by atoms with Gasteiger partial charge >= 0.3 is 0 Å². The Morgan fingerprint density at radius 1 is 1.55 bits per heavy atom. The van der Waals surface area contributed by atoms with E-state index in [0.717, 1.165) is 18.1 Å². The lowest BCUT2D eigenvalue weighted by molar-refractivity contribution is 0.0876. The topological polar surface area (TPSA) is 80.5 Å². The molecule has 0 bridgehead atoms. The molecule has 3 N–H and O–H groups in total. The zero-order valence-electron chi connectivity index (χ0n) is 12.6. The average molecular weight is 300 g/mol. The fourth-order valence-electron chi connectivity index (χ4n) is 1.70. The van der Waals surface area contributed by atoms with Crippen LogP contribution in [0.2, 0.25) is 0 Å². The van der Waals surface area contributed by atoms with Crippen molar-refractivity contribution in [3.8, 4) is 0 Å². The van der Waals surface area contributed by atoms with Gasteiger partial charge in [-0.05, 0) is 20.3 Å². The summed E-state index contributed by atoms with van der Waals surface area (Å²) in [7, 11) is 1.95. The molecule has 1 amide bonds. The van der Waals surface area contributed by atoms with E-state index in [-0.39, 0.29) is 17.8 Å². The third-order valence-corrected chi connectivity index (χ3v) is 3.87. The number of nitrogens with one attached hydrogen (secondary N) is 1. The Balaban J connectivity index is 2.68. The van der Waals surface area contributed by atoms with Crippen LogP contribution in [0.4, 0.5) is 10.9 Å². The van der Waals surface area contributed by atoms with Crippen molar-refractivity contribution < 1.29 is 9.53 Å². The number of rotatable bonds is 8. The van der Waals surface area contributed by atoms with Crippen LogP contribution < -0.4 is 16.0 Å². The van der Waals surface area contributed by atoms with Gasteiger partial charge in [-0.1, -0.05) is 18.3 Å². The van der Waals surface area contributed by atoms with E-state index < -0.39 is 0 Å². The first kappa shape index (κ1) is 16.7. The van der Waals surface area contributed by atoms with E-state index in [1.54, 1.807) is 0 Å². The van der Waals surface area contributed by atoms with Crippen LogP contribution in [-0.2, 0) is 4.74 Å². The number of hydrogen-bond donors (Lipinski definition) is 2. The van der Waals surface area contributed by atoms with Crippen molar-refractivity contribution in [1.29, 1.82) is 0 Å². The van der Waals surface area contributed by atoms with Crippen LogP contribution in [0.3, 0.4) is 0 Å². The van der Waals surface area contributed by atoms with Crippen LogP contribution in [-0.4, -0.2) is 43.7 Å². The number of hydrogen-bond acceptors (Lipinski definition) is 6. The third-order valence-electron chi connectivity index (χ3n) is 2.68. The number of aromatic nitrogens is 1. The second-order valence-corrected chi connectivity index (χ2v) is 5.64. The zero-order valence-corrected chi connectivity index (χ0v) is 13.4. The quantitative estimate of drug-likeness (QED) is 0.764. The molecule has 0 radical (unpaired) electrons. The number of thiazole rings is 1. The highest BCUT2D eigenvalue weighted by atomic mass is 32.1. The molecule has 1 atom stereocenters. The molecule has 1 aromatic heterocycles. The summed E-state index contributed by atoms with van der Waals surface area (Å²) < 4.78 is 5.27. The van der Waals surface area contributed by atoms with Crippen LogP contribution in [0.5, 0.6) is 0 Å². The summed E-state index contributed by atoms with van der Waals surface area (Å²) in [6, 6.07) is -0.0548. The van der Waals surface area contributed by atoms with E-state index in [2.05, 4.69) is 17.2 Å². The Morgan fingerprint density at radius 2 is 2.25 bits per heavy atom. The molecule has 0 aliphatic rings. The molecule has 0 spiro atoms. The molecule has 114 valence electrons. The minimum absolute atomic E-state index is 0.0548.